The fourth-order valence-electron chi connectivity index (χ4n) is 5.15. The number of H-pyrrole nitrogens is 1. The summed E-state index contributed by atoms with van der Waals surface area (Å²) in [6, 6.07) is 26.6. The molecule has 2 heterocycles. The third-order valence-electron chi connectivity index (χ3n) is 6.84. The second kappa shape index (κ2) is 9.43. The molecule has 1 amide bonds. The van der Waals surface area contributed by atoms with E-state index in [-0.39, 0.29) is 6.42 Å². The highest BCUT2D eigenvalue weighted by atomic mass is 16.6. The number of hydrogen-bond donors (Lipinski definition) is 1. The number of para-hydroxylation sites is 1. The van der Waals surface area contributed by atoms with E-state index in [1.54, 1.807) is 11.8 Å². The summed E-state index contributed by atoms with van der Waals surface area (Å²) in [5.41, 5.74) is 1.50. The molecule has 0 bridgehead atoms. The molecule has 1 saturated heterocycles. The van der Waals surface area contributed by atoms with Crippen LogP contribution >= 0.6 is 0 Å². The Hall–Kier alpha value is -4.06. The standard InChI is InChI=1S/C31H32N2O4/c1-30(2,3)37-29(35)33-26(21-13-7-5-8-14-21)27(22-15-9-6-10-16-22)36-28(34)31(33,4)19-23-20-32-25-18-12-11-17-24(23)25/h5-18,20,26-27,32H,19H2,1-4H3/t26-,27+,31+/m1/s1. The quantitative estimate of drug-likeness (QED) is 0.317. The maximum atomic E-state index is 14.0. The number of hydrogen-bond acceptors (Lipinski definition) is 4. The van der Waals surface area contributed by atoms with Gasteiger partial charge in [-0.15, -0.1) is 0 Å². The van der Waals surface area contributed by atoms with Crippen LogP contribution in [0.5, 0.6) is 0 Å². The molecule has 3 atom stereocenters. The second-order valence-electron chi connectivity index (χ2n) is 10.8. The van der Waals surface area contributed by atoms with Crippen LogP contribution in [0.1, 0.15) is 56.5 Å². The predicted octanol–water partition coefficient (Wildman–Crippen LogP) is 6.75. The summed E-state index contributed by atoms with van der Waals surface area (Å²) in [6.07, 6.45) is 0.915. The summed E-state index contributed by atoms with van der Waals surface area (Å²) in [5.74, 6) is -0.468. The Balaban J connectivity index is 1.68. The summed E-state index contributed by atoms with van der Waals surface area (Å²) >= 11 is 0. The summed E-state index contributed by atoms with van der Waals surface area (Å²) in [6.45, 7) is 7.27. The van der Waals surface area contributed by atoms with E-state index in [1.807, 2.05) is 112 Å². The van der Waals surface area contributed by atoms with Crippen molar-refractivity contribution >= 4 is 23.0 Å². The van der Waals surface area contributed by atoms with Crippen molar-refractivity contribution in [3.8, 4) is 0 Å². The molecule has 0 saturated carbocycles. The Labute approximate surface area is 217 Å². The molecule has 3 aromatic carbocycles. The Morgan fingerprint density at radius 2 is 1.54 bits per heavy atom. The number of nitrogens with zero attached hydrogens (tertiary/aromatic N) is 1. The van der Waals surface area contributed by atoms with Crippen LogP contribution in [0.3, 0.4) is 0 Å². The van der Waals surface area contributed by atoms with Crippen molar-refractivity contribution in [3.05, 3.63) is 108 Å². The Morgan fingerprint density at radius 1 is 0.946 bits per heavy atom. The van der Waals surface area contributed by atoms with Crippen molar-refractivity contribution in [1.29, 1.82) is 0 Å². The number of ether oxygens (including phenoxy) is 2. The number of aromatic amines is 1. The molecule has 1 aliphatic rings. The van der Waals surface area contributed by atoms with Gasteiger partial charge in [0.05, 0.1) is 0 Å². The van der Waals surface area contributed by atoms with Crippen LogP contribution < -0.4 is 0 Å². The molecule has 4 aromatic rings. The molecule has 37 heavy (non-hydrogen) atoms. The van der Waals surface area contributed by atoms with Crippen LogP contribution in [0, 0.1) is 0 Å². The van der Waals surface area contributed by atoms with Crippen molar-refractivity contribution in [2.45, 2.75) is 57.4 Å². The van der Waals surface area contributed by atoms with Gasteiger partial charge in [-0.3, -0.25) is 4.90 Å². The van der Waals surface area contributed by atoms with Crippen molar-refractivity contribution < 1.29 is 19.1 Å². The van der Waals surface area contributed by atoms with E-state index >= 15 is 0 Å². The zero-order valence-corrected chi connectivity index (χ0v) is 21.6. The lowest BCUT2D eigenvalue weighted by Gasteiger charge is -2.50. The third kappa shape index (κ3) is 4.71. The van der Waals surface area contributed by atoms with E-state index in [2.05, 4.69) is 4.98 Å². The topological polar surface area (TPSA) is 71.6 Å². The van der Waals surface area contributed by atoms with Crippen LogP contribution in [0.4, 0.5) is 4.79 Å². The van der Waals surface area contributed by atoms with E-state index in [9.17, 15) is 9.59 Å². The zero-order valence-electron chi connectivity index (χ0n) is 21.6. The molecule has 5 rings (SSSR count). The number of esters is 1. The molecular formula is C31H32N2O4. The Bertz CT molecular complexity index is 1410. The first-order chi connectivity index (χ1) is 17.7. The molecule has 0 spiro atoms. The molecule has 190 valence electrons. The minimum atomic E-state index is -1.32. The monoisotopic (exact) mass is 496 g/mol. The first-order valence-electron chi connectivity index (χ1n) is 12.6. The van der Waals surface area contributed by atoms with E-state index in [0.717, 1.165) is 27.6 Å². The fraction of sp³-hybridized carbons (Fsp3) is 0.290. The van der Waals surface area contributed by atoms with Crippen LogP contribution in [0.15, 0.2) is 91.1 Å². The second-order valence-corrected chi connectivity index (χ2v) is 10.8. The van der Waals surface area contributed by atoms with Gasteiger partial charge < -0.3 is 14.5 Å². The lowest BCUT2D eigenvalue weighted by atomic mass is 9.83. The number of amides is 1. The van der Waals surface area contributed by atoms with Crippen LogP contribution in [-0.4, -0.2) is 33.1 Å². The van der Waals surface area contributed by atoms with Crippen molar-refractivity contribution in [1.82, 2.24) is 9.88 Å². The minimum absolute atomic E-state index is 0.264. The number of fused-ring (bicyclic) bond motifs is 1. The first kappa shape index (κ1) is 24.6. The number of morpholine rings is 1. The van der Waals surface area contributed by atoms with Gasteiger partial charge in [0, 0.05) is 23.5 Å². The lowest BCUT2D eigenvalue weighted by Crippen LogP contribution is -2.63. The average Bonchev–Trinajstić information content (AvgIpc) is 3.27. The van der Waals surface area contributed by atoms with Crippen molar-refractivity contribution in [2.24, 2.45) is 0 Å². The Morgan fingerprint density at radius 3 is 2.19 bits per heavy atom. The number of rotatable bonds is 4. The number of nitrogens with one attached hydrogen (secondary N) is 1. The van der Waals surface area contributed by atoms with Gasteiger partial charge in [0.15, 0.2) is 6.10 Å². The Kier molecular flexibility index (Phi) is 6.28. The highest BCUT2D eigenvalue weighted by molar-refractivity contribution is 5.90. The number of benzene rings is 3. The largest absolute Gasteiger partial charge is 0.453 e. The molecule has 0 unspecified atom stereocenters. The summed E-state index contributed by atoms with van der Waals surface area (Å²) in [5, 5.41) is 1.00. The maximum Gasteiger partial charge on any atom is 0.411 e. The van der Waals surface area contributed by atoms with E-state index in [1.165, 1.54) is 0 Å². The molecule has 1 N–H and O–H groups in total. The van der Waals surface area contributed by atoms with Crippen molar-refractivity contribution in [3.63, 3.8) is 0 Å². The number of aromatic nitrogens is 1. The SMILES string of the molecule is CC(C)(C)OC(=O)N1[C@H](c2ccccc2)[C@H](c2ccccc2)OC(=O)[C@]1(C)Cc1c[nH]c2ccccc12. The van der Waals surface area contributed by atoms with Gasteiger partial charge in [0.1, 0.15) is 17.2 Å². The highest BCUT2D eigenvalue weighted by Gasteiger charge is 2.56. The van der Waals surface area contributed by atoms with Gasteiger partial charge in [-0.1, -0.05) is 78.9 Å². The molecule has 1 fully saturated rings. The first-order valence-corrected chi connectivity index (χ1v) is 12.6. The van der Waals surface area contributed by atoms with Crippen LogP contribution in [-0.2, 0) is 20.7 Å². The summed E-state index contributed by atoms with van der Waals surface area (Å²) in [4.78, 5) is 32.8. The number of cyclic esters (lactones) is 1. The van der Waals surface area contributed by atoms with E-state index < -0.39 is 35.3 Å². The third-order valence-corrected chi connectivity index (χ3v) is 6.84. The van der Waals surface area contributed by atoms with Gasteiger partial charge in [-0.2, -0.15) is 0 Å². The predicted molar refractivity (Wildman–Crippen MR) is 143 cm³/mol. The summed E-state index contributed by atoms with van der Waals surface area (Å²) < 4.78 is 12.2. The van der Waals surface area contributed by atoms with Gasteiger partial charge >= 0.3 is 12.1 Å². The number of carbonyl (C=O) groups is 2. The van der Waals surface area contributed by atoms with Crippen LogP contribution in [0.2, 0.25) is 0 Å². The minimum Gasteiger partial charge on any atom is -0.453 e. The molecular weight excluding hydrogens is 464 g/mol. The molecule has 1 aromatic heterocycles. The maximum absolute atomic E-state index is 14.0. The molecule has 0 aliphatic carbocycles. The molecule has 1 aliphatic heterocycles. The molecule has 6 heteroatoms. The zero-order chi connectivity index (χ0) is 26.2. The van der Waals surface area contributed by atoms with Gasteiger partial charge in [0.25, 0.3) is 0 Å². The van der Waals surface area contributed by atoms with E-state index in [4.69, 9.17) is 9.47 Å². The fourth-order valence-corrected chi connectivity index (χ4v) is 5.15. The highest BCUT2D eigenvalue weighted by Crippen LogP contribution is 2.47. The molecule has 0 radical (unpaired) electrons. The number of carbonyl (C=O) groups excluding carboxylic acids is 2. The van der Waals surface area contributed by atoms with Gasteiger partial charge in [-0.25, -0.2) is 9.59 Å². The average molecular weight is 497 g/mol. The van der Waals surface area contributed by atoms with Crippen LogP contribution in [0.25, 0.3) is 10.9 Å². The van der Waals surface area contributed by atoms with Crippen molar-refractivity contribution in [2.75, 3.05) is 0 Å². The smallest absolute Gasteiger partial charge is 0.411 e. The molecule has 6 nitrogen and oxygen atoms in total. The van der Waals surface area contributed by atoms with E-state index in [0.29, 0.717) is 0 Å². The van der Waals surface area contributed by atoms with Gasteiger partial charge in [-0.05, 0) is 50.5 Å². The normalized spacial score (nSPS) is 22.1. The summed E-state index contributed by atoms with van der Waals surface area (Å²) in [7, 11) is 0. The van der Waals surface area contributed by atoms with Gasteiger partial charge in [0.2, 0.25) is 0 Å². The lowest BCUT2D eigenvalue weighted by molar-refractivity contribution is -0.186.